The highest BCUT2D eigenvalue weighted by Crippen LogP contribution is 2.27. The molecule has 1 fully saturated rings. The molecule has 7 nitrogen and oxygen atoms in total. The average molecular weight is 361 g/mol. The van der Waals surface area contributed by atoms with Crippen molar-refractivity contribution in [3.8, 4) is 0 Å². The lowest BCUT2D eigenvalue weighted by Gasteiger charge is -2.31. The Morgan fingerprint density at radius 1 is 1.28 bits per heavy atom. The third-order valence-electron chi connectivity index (χ3n) is 5.06. The molecule has 0 N–H and O–H groups in total. The van der Waals surface area contributed by atoms with Crippen LogP contribution in [0.15, 0.2) is 10.9 Å². The van der Waals surface area contributed by atoms with Gasteiger partial charge >= 0.3 is 0 Å². The molecule has 1 aliphatic carbocycles. The van der Waals surface area contributed by atoms with Crippen LogP contribution in [0.3, 0.4) is 0 Å². The lowest BCUT2D eigenvalue weighted by molar-refractivity contribution is 0.184. The zero-order valence-electron chi connectivity index (χ0n) is 14.5. The van der Waals surface area contributed by atoms with Gasteiger partial charge in [0.2, 0.25) is 5.13 Å². The van der Waals surface area contributed by atoms with Gasteiger partial charge in [-0.2, -0.15) is 5.10 Å². The van der Waals surface area contributed by atoms with Crippen LogP contribution < -0.4 is 10.5 Å². The van der Waals surface area contributed by atoms with Crippen molar-refractivity contribution in [2.75, 3.05) is 25.1 Å². The number of hydrogen-bond acceptors (Lipinski definition) is 7. The minimum absolute atomic E-state index is 0.0522. The van der Waals surface area contributed by atoms with Crippen molar-refractivity contribution in [3.63, 3.8) is 0 Å². The molecule has 134 valence electrons. The van der Waals surface area contributed by atoms with Gasteiger partial charge in [-0.1, -0.05) is 11.3 Å². The summed E-state index contributed by atoms with van der Waals surface area (Å²) in [4.78, 5) is 14.5. The molecule has 8 heteroatoms. The maximum atomic E-state index is 12.3. The van der Waals surface area contributed by atoms with Crippen LogP contribution in [0.5, 0.6) is 0 Å². The number of piperidine rings is 1. The van der Waals surface area contributed by atoms with E-state index < -0.39 is 0 Å². The van der Waals surface area contributed by atoms with Gasteiger partial charge in [0.1, 0.15) is 11.6 Å². The zero-order valence-corrected chi connectivity index (χ0v) is 15.3. The molecule has 3 heterocycles. The Hall–Kier alpha value is -1.80. The number of fused-ring (bicyclic) bond motifs is 1. The number of aryl methyl sites for hydroxylation is 2. The molecule has 0 amide bonds. The van der Waals surface area contributed by atoms with Gasteiger partial charge in [-0.3, -0.25) is 4.79 Å². The normalized spacial score (nSPS) is 17.9. The van der Waals surface area contributed by atoms with Gasteiger partial charge < -0.3 is 9.64 Å². The number of aromatic nitrogens is 4. The van der Waals surface area contributed by atoms with E-state index in [2.05, 4.69) is 20.2 Å². The number of nitrogens with zero attached hydrogens (tertiary/aromatic N) is 5. The van der Waals surface area contributed by atoms with Crippen LogP contribution in [-0.4, -0.2) is 40.2 Å². The number of rotatable bonds is 5. The van der Waals surface area contributed by atoms with Crippen LogP contribution in [0.1, 0.15) is 35.5 Å². The molecule has 0 aromatic carbocycles. The van der Waals surface area contributed by atoms with Gasteiger partial charge in [0, 0.05) is 32.8 Å². The Labute approximate surface area is 150 Å². The van der Waals surface area contributed by atoms with Gasteiger partial charge in [-0.25, -0.2) is 4.68 Å². The summed E-state index contributed by atoms with van der Waals surface area (Å²) in [6.45, 7) is 3.14. The Morgan fingerprint density at radius 3 is 2.92 bits per heavy atom. The molecule has 0 radical (unpaired) electrons. The summed E-state index contributed by atoms with van der Waals surface area (Å²) in [7, 11) is 1.67. The van der Waals surface area contributed by atoms with E-state index in [1.807, 2.05) is 0 Å². The third-order valence-corrected chi connectivity index (χ3v) is 6.02. The first-order valence-corrected chi connectivity index (χ1v) is 9.71. The summed E-state index contributed by atoms with van der Waals surface area (Å²) in [5.74, 6) is 0.493. The summed E-state index contributed by atoms with van der Waals surface area (Å²) in [5, 5.41) is 14.9. The zero-order chi connectivity index (χ0) is 17.2. The quantitative estimate of drug-likeness (QED) is 0.806. The number of methoxy groups -OCH3 is 1. The molecule has 2 aliphatic rings. The molecule has 1 saturated heterocycles. The van der Waals surface area contributed by atoms with E-state index in [1.165, 1.54) is 0 Å². The van der Waals surface area contributed by atoms with Crippen molar-refractivity contribution in [1.82, 2.24) is 20.0 Å². The molecule has 2 aromatic heterocycles. The molecular weight excluding hydrogens is 338 g/mol. The molecular formula is C17H23N5O2S. The first kappa shape index (κ1) is 16.7. The van der Waals surface area contributed by atoms with E-state index in [1.54, 1.807) is 29.2 Å². The predicted molar refractivity (Wildman–Crippen MR) is 96.1 cm³/mol. The van der Waals surface area contributed by atoms with Gasteiger partial charge in [-0.15, -0.1) is 10.2 Å². The summed E-state index contributed by atoms with van der Waals surface area (Å²) < 4.78 is 6.79. The molecule has 4 rings (SSSR count). The highest BCUT2D eigenvalue weighted by atomic mass is 32.1. The van der Waals surface area contributed by atoms with Crippen molar-refractivity contribution >= 4 is 16.5 Å². The van der Waals surface area contributed by atoms with E-state index in [9.17, 15) is 4.79 Å². The molecule has 1 aliphatic heterocycles. The van der Waals surface area contributed by atoms with E-state index in [0.717, 1.165) is 73.1 Å². The van der Waals surface area contributed by atoms with E-state index >= 15 is 0 Å². The average Bonchev–Trinajstić information content (AvgIpc) is 3.25. The monoisotopic (exact) mass is 361 g/mol. The largest absolute Gasteiger partial charge is 0.377 e. The molecule has 2 aromatic rings. The second-order valence-corrected chi connectivity index (χ2v) is 7.87. The number of hydrogen-bond donors (Lipinski definition) is 0. The van der Waals surface area contributed by atoms with Crippen molar-refractivity contribution in [1.29, 1.82) is 0 Å². The van der Waals surface area contributed by atoms with E-state index in [4.69, 9.17) is 4.74 Å². The van der Waals surface area contributed by atoms with Crippen molar-refractivity contribution in [2.24, 2.45) is 5.92 Å². The Morgan fingerprint density at radius 2 is 2.12 bits per heavy atom. The molecule has 0 atom stereocenters. The summed E-state index contributed by atoms with van der Waals surface area (Å²) >= 11 is 1.60. The fourth-order valence-electron chi connectivity index (χ4n) is 3.68. The van der Waals surface area contributed by atoms with Gasteiger partial charge in [0.05, 0.1) is 5.69 Å². The molecule has 0 spiro atoms. The third kappa shape index (κ3) is 3.59. The second kappa shape index (κ2) is 7.21. The summed E-state index contributed by atoms with van der Waals surface area (Å²) in [5.41, 5.74) is 2.33. The van der Waals surface area contributed by atoms with Gasteiger partial charge in [-0.05, 0) is 43.6 Å². The maximum absolute atomic E-state index is 12.3. The van der Waals surface area contributed by atoms with Crippen LogP contribution in [0.25, 0.3) is 0 Å². The first-order valence-electron chi connectivity index (χ1n) is 8.89. The smallest absolute Gasteiger partial charge is 0.267 e. The predicted octanol–water partition coefficient (Wildman–Crippen LogP) is 1.65. The van der Waals surface area contributed by atoms with Crippen molar-refractivity contribution in [3.05, 3.63) is 32.7 Å². The van der Waals surface area contributed by atoms with Gasteiger partial charge in [0.25, 0.3) is 5.56 Å². The molecule has 0 saturated carbocycles. The van der Waals surface area contributed by atoms with Crippen LogP contribution in [0, 0.1) is 5.92 Å². The van der Waals surface area contributed by atoms with Crippen LogP contribution in [-0.2, 0) is 30.7 Å². The summed E-state index contributed by atoms with van der Waals surface area (Å²) in [6, 6.07) is 1.79. The van der Waals surface area contributed by atoms with Crippen LogP contribution >= 0.6 is 11.3 Å². The second-order valence-electron chi connectivity index (χ2n) is 6.83. The fraction of sp³-hybridized carbons (Fsp3) is 0.647. The lowest BCUT2D eigenvalue weighted by Crippen LogP contribution is -2.37. The minimum Gasteiger partial charge on any atom is -0.377 e. The Kier molecular flexibility index (Phi) is 4.80. The Bertz CT molecular complexity index is 795. The van der Waals surface area contributed by atoms with E-state index in [-0.39, 0.29) is 5.56 Å². The standard InChI is InChI=1S/C17H23N5O2S/c1-24-11-15-18-19-17(25-15)21-7-5-12(6-8-21)10-22-16(23)9-13-3-2-4-14(13)20-22/h9,12H,2-8,10-11H2,1H3. The van der Waals surface area contributed by atoms with Crippen LogP contribution in [0.4, 0.5) is 5.13 Å². The first-order chi connectivity index (χ1) is 12.2. The van der Waals surface area contributed by atoms with Crippen molar-refractivity contribution in [2.45, 2.75) is 45.3 Å². The topological polar surface area (TPSA) is 73.1 Å². The molecule has 0 unspecified atom stereocenters. The summed E-state index contributed by atoms with van der Waals surface area (Å²) in [6.07, 6.45) is 5.23. The SMILES string of the molecule is COCc1nnc(N2CCC(Cn3nc4c(cc3=O)CCC4)CC2)s1. The van der Waals surface area contributed by atoms with E-state index in [0.29, 0.717) is 12.5 Å². The lowest BCUT2D eigenvalue weighted by atomic mass is 9.97. The van der Waals surface area contributed by atoms with Gasteiger partial charge in [0.15, 0.2) is 0 Å². The number of ether oxygens (including phenoxy) is 1. The molecule has 25 heavy (non-hydrogen) atoms. The highest BCUT2D eigenvalue weighted by molar-refractivity contribution is 7.15. The Balaban J connectivity index is 1.37. The number of anilines is 1. The highest BCUT2D eigenvalue weighted by Gasteiger charge is 2.23. The van der Waals surface area contributed by atoms with Crippen molar-refractivity contribution < 1.29 is 4.74 Å². The molecule has 0 bridgehead atoms. The fourth-order valence-corrected chi connectivity index (χ4v) is 4.54. The maximum Gasteiger partial charge on any atom is 0.267 e. The van der Waals surface area contributed by atoms with Crippen LogP contribution in [0.2, 0.25) is 0 Å². The minimum atomic E-state index is 0.0522.